The summed E-state index contributed by atoms with van der Waals surface area (Å²) in [5.74, 6) is -0.353. The van der Waals surface area contributed by atoms with Gasteiger partial charge in [-0.15, -0.1) is 0 Å². The van der Waals surface area contributed by atoms with E-state index >= 15 is 0 Å². The second kappa shape index (κ2) is 6.15. The molecule has 0 radical (unpaired) electrons. The smallest absolute Gasteiger partial charge is 0.261 e. The molecule has 1 saturated heterocycles. The first-order valence-electron chi connectivity index (χ1n) is 7.33. The number of hydrogen-bond acceptors (Lipinski definition) is 3. The molecule has 0 aliphatic carbocycles. The lowest BCUT2D eigenvalue weighted by Crippen LogP contribution is -2.38. The van der Waals surface area contributed by atoms with E-state index in [9.17, 15) is 9.59 Å². The van der Waals surface area contributed by atoms with Crippen LogP contribution in [0.5, 0.6) is 0 Å². The van der Waals surface area contributed by atoms with Crippen LogP contribution in [0.3, 0.4) is 0 Å². The summed E-state index contributed by atoms with van der Waals surface area (Å²) in [6.07, 6.45) is 0.779. The van der Waals surface area contributed by atoms with Crippen molar-refractivity contribution in [2.45, 2.75) is 19.4 Å². The molecule has 1 aliphatic rings. The summed E-state index contributed by atoms with van der Waals surface area (Å²) < 4.78 is 5.24. The number of benzene rings is 1. The van der Waals surface area contributed by atoms with E-state index in [1.807, 2.05) is 37.3 Å². The highest BCUT2D eigenvalue weighted by Gasteiger charge is 2.21. The van der Waals surface area contributed by atoms with Crippen LogP contribution in [0.2, 0.25) is 0 Å². The molecule has 3 rings (SSSR count). The van der Waals surface area contributed by atoms with Crippen LogP contribution in [0, 0.1) is 6.92 Å². The maximum atomic E-state index is 12.3. The van der Waals surface area contributed by atoms with Gasteiger partial charge in [0.2, 0.25) is 0 Å². The van der Waals surface area contributed by atoms with Gasteiger partial charge in [0.1, 0.15) is 5.56 Å². The minimum Gasteiger partial charge on any atom is -0.379 e. The molecular weight excluding hydrogens is 280 g/mol. The predicted octanol–water partition coefficient (Wildman–Crippen LogP) is 1.87. The third kappa shape index (κ3) is 2.94. The maximum absolute atomic E-state index is 12.3. The molecule has 0 bridgehead atoms. The van der Waals surface area contributed by atoms with Crippen molar-refractivity contribution in [2.24, 2.45) is 0 Å². The van der Waals surface area contributed by atoms with Crippen molar-refractivity contribution in [3.63, 3.8) is 0 Å². The van der Waals surface area contributed by atoms with E-state index in [2.05, 4.69) is 10.3 Å². The van der Waals surface area contributed by atoms with Crippen LogP contribution in [0.1, 0.15) is 22.5 Å². The molecule has 1 atom stereocenters. The lowest BCUT2D eigenvalue weighted by Gasteiger charge is -2.12. The molecule has 22 heavy (non-hydrogen) atoms. The molecule has 5 heteroatoms. The fraction of sp³-hybridized carbons (Fsp3) is 0.294. The summed E-state index contributed by atoms with van der Waals surface area (Å²) in [7, 11) is 0. The first kappa shape index (κ1) is 14.5. The van der Waals surface area contributed by atoms with E-state index in [1.54, 1.807) is 6.07 Å². The molecule has 1 aromatic carbocycles. The van der Waals surface area contributed by atoms with Crippen LogP contribution in [0.25, 0.3) is 11.1 Å². The number of aromatic nitrogens is 1. The van der Waals surface area contributed by atoms with Crippen molar-refractivity contribution in [1.29, 1.82) is 0 Å². The van der Waals surface area contributed by atoms with E-state index < -0.39 is 0 Å². The normalized spacial score (nSPS) is 17.4. The molecule has 0 unspecified atom stereocenters. The molecular formula is C17H18N2O3. The number of carbonyl (C=O) groups is 1. The fourth-order valence-corrected chi connectivity index (χ4v) is 2.62. The van der Waals surface area contributed by atoms with Crippen LogP contribution in [-0.2, 0) is 4.74 Å². The van der Waals surface area contributed by atoms with Gasteiger partial charge in [-0.2, -0.15) is 0 Å². The SMILES string of the molecule is Cc1[nH]c(=O)c(C(=O)N[C@H]2CCOC2)cc1-c1ccccc1. The Morgan fingerprint density at radius 1 is 1.32 bits per heavy atom. The van der Waals surface area contributed by atoms with Crippen LogP contribution >= 0.6 is 0 Å². The van der Waals surface area contributed by atoms with Crippen molar-refractivity contribution in [1.82, 2.24) is 10.3 Å². The van der Waals surface area contributed by atoms with Crippen LogP contribution in [0.4, 0.5) is 0 Å². The van der Waals surface area contributed by atoms with Gasteiger partial charge in [0.25, 0.3) is 11.5 Å². The van der Waals surface area contributed by atoms with Crippen molar-refractivity contribution < 1.29 is 9.53 Å². The largest absolute Gasteiger partial charge is 0.379 e. The molecule has 1 aromatic heterocycles. The van der Waals surface area contributed by atoms with Crippen LogP contribution in [0.15, 0.2) is 41.2 Å². The van der Waals surface area contributed by atoms with Crippen LogP contribution in [-0.4, -0.2) is 30.1 Å². The first-order chi connectivity index (χ1) is 10.6. The number of rotatable bonds is 3. The Kier molecular flexibility index (Phi) is 4.06. The molecule has 0 spiro atoms. The molecule has 1 aliphatic heterocycles. The quantitative estimate of drug-likeness (QED) is 0.908. The van der Waals surface area contributed by atoms with Gasteiger partial charge in [0.15, 0.2) is 0 Å². The summed E-state index contributed by atoms with van der Waals surface area (Å²) in [4.78, 5) is 27.2. The van der Waals surface area contributed by atoms with E-state index in [0.717, 1.165) is 23.2 Å². The van der Waals surface area contributed by atoms with Crippen molar-refractivity contribution in [2.75, 3.05) is 13.2 Å². The number of pyridine rings is 1. The van der Waals surface area contributed by atoms with Gasteiger partial charge in [-0.05, 0) is 25.0 Å². The minimum atomic E-state index is -0.367. The second-order valence-corrected chi connectivity index (χ2v) is 5.45. The number of carbonyl (C=O) groups excluding carboxylic acids is 1. The average Bonchev–Trinajstić information content (AvgIpc) is 3.01. The number of nitrogens with one attached hydrogen (secondary N) is 2. The van der Waals surface area contributed by atoms with Gasteiger partial charge < -0.3 is 15.0 Å². The summed E-state index contributed by atoms with van der Waals surface area (Å²) in [6.45, 7) is 2.97. The van der Waals surface area contributed by atoms with Crippen molar-refractivity contribution in [3.05, 3.63) is 58.0 Å². The Labute approximate surface area is 128 Å². The summed E-state index contributed by atoms with van der Waals surface area (Å²) in [6, 6.07) is 11.3. The van der Waals surface area contributed by atoms with Crippen molar-refractivity contribution >= 4 is 5.91 Å². The van der Waals surface area contributed by atoms with Gasteiger partial charge in [0.05, 0.1) is 12.6 Å². The van der Waals surface area contributed by atoms with E-state index in [4.69, 9.17) is 4.74 Å². The maximum Gasteiger partial charge on any atom is 0.261 e. The summed E-state index contributed by atoms with van der Waals surface area (Å²) in [5, 5.41) is 2.85. The molecule has 1 amide bonds. The zero-order valence-electron chi connectivity index (χ0n) is 12.4. The lowest BCUT2D eigenvalue weighted by atomic mass is 10.0. The van der Waals surface area contributed by atoms with Crippen LogP contribution < -0.4 is 10.9 Å². The zero-order valence-corrected chi connectivity index (χ0v) is 12.4. The molecule has 114 valence electrons. The average molecular weight is 298 g/mol. The van der Waals surface area contributed by atoms with E-state index in [1.165, 1.54) is 0 Å². The van der Waals surface area contributed by atoms with Crippen molar-refractivity contribution in [3.8, 4) is 11.1 Å². The Bertz CT molecular complexity index is 731. The number of aromatic amines is 1. The summed E-state index contributed by atoms with van der Waals surface area (Å²) >= 11 is 0. The summed E-state index contributed by atoms with van der Waals surface area (Å²) in [5.41, 5.74) is 2.34. The molecule has 2 aromatic rings. The molecule has 1 fully saturated rings. The number of aryl methyl sites for hydroxylation is 1. The Morgan fingerprint density at radius 2 is 2.09 bits per heavy atom. The van der Waals surface area contributed by atoms with E-state index in [0.29, 0.717) is 13.2 Å². The standard InChI is InChI=1S/C17H18N2O3/c1-11-14(12-5-3-2-4-6-12)9-15(16(20)18-11)17(21)19-13-7-8-22-10-13/h2-6,9,13H,7-8,10H2,1H3,(H,18,20)(H,19,21)/t13-/m0/s1. The number of amides is 1. The van der Waals surface area contributed by atoms with Gasteiger partial charge in [-0.1, -0.05) is 30.3 Å². The minimum absolute atomic E-state index is 0.0200. The Hall–Kier alpha value is -2.40. The van der Waals surface area contributed by atoms with Gasteiger partial charge in [-0.3, -0.25) is 9.59 Å². The Morgan fingerprint density at radius 3 is 2.77 bits per heavy atom. The molecule has 2 heterocycles. The predicted molar refractivity (Wildman–Crippen MR) is 83.9 cm³/mol. The Balaban J connectivity index is 1.94. The third-order valence-electron chi connectivity index (χ3n) is 3.83. The highest BCUT2D eigenvalue weighted by atomic mass is 16.5. The fourth-order valence-electron chi connectivity index (χ4n) is 2.62. The highest BCUT2D eigenvalue weighted by Crippen LogP contribution is 2.21. The number of hydrogen-bond donors (Lipinski definition) is 2. The van der Waals surface area contributed by atoms with Gasteiger partial charge >= 0.3 is 0 Å². The van der Waals surface area contributed by atoms with Gasteiger partial charge in [-0.25, -0.2) is 0 Å². The first-order valence-corrected chi connectivity index (χ1v) is 7.33. The second-order valence-electron chi connectivity index (χ2n) is 5.45. The third-order valence-corrected chi connectivity index (χ3v) is 3.83. The number of H-pyrrole nitrogens is 1. The molecule has 5 nitrogen and oxygen atoms in total. The molecule has 0 saturated carbocycles. The monoisotopic (exact) mass is 298 g/mol. The highest BCUT2D eigenvalue weighted by molar-refractivity contribution is 5.95. The van der Waals surface area contributed by atoms with E-state index in [-0.39, 0.29) is 23.1 Å². The number of ether oxygens (including phenoxy) is 1. The van der Waals surface area contributed by atoms with Gasteiger partial charge in [0, 0.05) is 17.9 Å². The topological polar surface area (TPSA) is 71.2 Å². The lowest BCUT2D eigenvalue weighted by molar-refractivity contribution is 0.0928. The molecule has 2 N–H and O–H groups in total. The zero-order chi connectivity index (χ0) is 15.5.